The van der Waals surface area contributed by atoms with Gasteiger partial charge in [0.15, 0.2) is 23.3 Å². The van der Waals surface area contributed by atoms with Gasteiger partial charge in [0.25, 0.3) is 5.91 Å². The summed E-state index contributed by atoms with van der Waals surface area (Å²) in [6.45, 7) is -0.355. The lowest BCUT2D eigenvalue weighted by molar-refractivity contribution is 0.0832. The average molecular weight is 291 g/mol. The van der Waals surface area contributed by atoms with Crippen LogP contribution in [0.1, 0.15) is 36.0 Å². The molecule has 1 amide bonds. The smallest absolute Gasteiger partial charge is 0.254 e. The fourth-order valence-electron chi connectivity index (χ4n) is 2.42. The predicted octanol–water partition coefficient (Wildman–Crippen LogP) is 2.28. The molecule has 0 bridgehead atoms. The normalized spacial score (nSPS) is 17.2. The van der Waals surface area contributed by atoms with E-state index < -0.39 is 40.3 Å². The molecule has 1 aliphatic carbocycles. The quantitative estimate of drug-likeness (QED) is 0.510. The molecule has 0 radical (unpaired) electrons. The first-order valence-corrected chi connectivity index (χ1v) is 6.16. The Balaban J connectivity index is 2.30. The minimum atomic E-state index is -2.03. The summed E-state index contributed by atoms with van der Waals surface area (Å²) in [4.78, 5) is 11.9. The number of hydrogen-bond acceptors (Lipinski definition) is 2. The molecule has 1 aromatic carbocycles. The Hall–Kier alpha value is -1.63. The molecule has 0 unspecified atom stereocenters. The van der Waals surface area contributed by atoms with E-state index >= 15 is 0 Å². The molecule has 0 atom stereocenters. The Morgan fingerprint density at radius 2 is 1.75 bits per heavy atom. The van der Waals surface area contributed by atoms with E-state index in [4.69, 9.17) is 0 Å². The fraction of sp³-hybridized carbons (Fsp3) is 0.462. The molecular weight excluding hydrogens is 278 g/mol. The van der Waals surface area contributed by atoms with Crippen molar-refractivity contribution in [2.75, 3.05) is 6.61 Å². The predicted molar refractivity (Wildman–Crippen MR) is 62.0 cm³/mol. The van der Waals surface area contributed by atoms with Gasteiger partial charge in [0.05, 0.1) is 17.7 Å². The lowest BCUT2D eigenvalue weighted by Crippen LogP contribution is -2.49. The summed E-state index contributed by atoms with van der Waals surface area (Å²) in [5.74, 6) is -8.45. The van der Waals surface area contributed by atoms with Gasteiger partial charge in [0.2, 0.25) is 0 Å². The summed E-state index contributed by atoms with van der Waals surface area (Å²) in [5.41, 5.74) is -1.83. The number of carbonyl (C=O) groups is 1. The zero-order valence-electron chi connectivity index (χ0n) is 10.5. The van der Waals surface area contributed by atoms with E-state index in [2.05, 4.69) is 5.32 Å². The molecule has 2 rings (SSSR count). The first-order chi connectivity index (χ1) is 9.40. The minimum Gasteiger partial charge on any atom is -0.394 e. The van der Waals surface area contributed by atoms with Crippen molar-refractivity contribution in [2.24, 2.45) is 0 Å². The van der Waals surface area contributed by atoms with E-state index in [1.54, 1.807) is 0 Å². The molecular formula is C13H13F4NO2. The van der Waals surface area contributed by atoms with Crippen molar-refractivity contribution in [3.63, 3.8) is 0 Å². The summed E-state index contributed by atoms with van der Waals surface area (Å²) in [5, 5.41) is 11.7. The van der Waals surface area contributed by atoms with Crippen LogP contribution in [-0.4, -0.2) is 23.2 Å². The van der Waals surface area contributed by atoms with Crippen molar-refractivity contribution < 1.29 is 27.5 Å². The number of hydrogen-bond donors (Lipinski definition) is 2. The zero-order chi connectivity index (χ0) is 14.9. The van der Waals surface area contributed by atoms with Crippen LogP contribution in [0, 0.1) is 23.3 Å². The van der Waals surface area contributed by atoms with Crippen LogP contribution in [0.3, 0.4) is 0 Å². The maximum absolute atomic E-state index is 13.5. The molecule has 3 nitrogen and oxygen atoms in total. The van der Waals surface area contributed by atoms with Gasteiger partial charge in [-0.05, 0) is 18.9 Å². The number of aliphatic hydroxyl groups is 1. The molecule has 1 saturated carbocycles. The second-order valence-corrected chi connectivity index (χ2v) is 4.95. The molecule has 0 aliphatic heterocycles. The van der Waals surface area contributed by atoms with Crippen LogP contribution < -0.4 is 5.32 Å². The zero-order valence-corrected chi connectivity index (χ0v) is 10.5. The van der Waals surface area contributed by atoms with Crippen LogP contribution in [0.5, 0.6) is 0 Å². The summed E-state index contributed by atoms with van der Waals surface area (Å²) >= 11 is 0. The first kappa shape index (κ1) is 14.8. The monoisotopic (exact) mass is 291 g/mol. The molecule has 0 saturated heterocycles. The van der Waals surface area contributed by atoms with Crippen LogP contribution in [0.4, 0.5) is 17.6 Å². The topological polar surface area (TPSA) is 49.3 Å². The van der Waals surface area contributed by atoms with Gasteiger partial charge in [-0.3, -0.25) is 4.79 Å². The Morgan fingerprint density at radius 1 is 1.15 bits per heavy atom. The molecule has 20 heavy (non-hydrogen) atoms. The highest BCUT2D eigenvalue weighted by Crippen LogP contribution is 2.30. The molecule has 110 valence electrons. The summed E-state index contributed by atoms with van der Waals surface area (Å²) in [6, 6.07) is 0.309. The molecule has 1 aliphatic rings. The number of rotatable bonds is 3. The lowest BCUT2D eigenvalue weighted by Gasteiger charge is -2.28. The van der Waals surface area contributed by atoms with Crippen LogP contribution >= 0.6 is 0 Å². The Kier molecular flexibility index (Phi) is 3.99. The fourth-order valence-corrected chi connectivity index (χ4v) is 2.42. The molecule has 0 spiro atoms. The second-order valence-electron chi connectivity index (χ2n) is 4.95. The van der Waals surface area contributed by atoms with Gasteiger partial charge < -0.3 is 10.4 Å². The van der Waals surface area contributed by atoms with Crippen LogP contribution in [0.15, 0.2) is 6.07 Å². The number of nitrogens with one attached hydrogen (secondary N) is 1. The molecule has 2 N–H and O–H groups in total. The second kappa shape index (κ2) is 5.40. The van der Waals surface area contributed by atoms with Crippen molar-refractivity contribution in [3.8, 4) is 0 Å². The van der Waals surface area contributed by atoms with E-state index in [-0.39, 0.29) is 6.61 Å². The van der Waals surface area contributed by atoms with Gasteiger partial charge >= 0.3 is 0 Å². The number of amides is 1. The highest BCUT2D eigenvalue weighted by molar-refractivity contribution is 5.95. The summed E-state index contributed by atoms with van der Waals surface area (Å²) in [6.07, 6.45) is 2.52. The van der Waals surface area contributed by atoms with Gasteiger partial charge in [-0.15, -0.1) is 0 Å². The largest absolute Gasteiger partial charge is 0.394 e. The van der Waals surface area contributed by atoms with Crippen LogP contribution in [0.2, 0.25) is 0 Å². The molecule has 1 aromatic rings. The molecule has 1 fully saturated rings. The van der Waals surface area contributed by atoms with Crippen molar-refractivity contribution >= 4 is 5.91 Å². The average Bonchev–Trinajstić information content (AvgIpc) is 2.89. The number of aliphatic hydroxyl groups excluding tert-OH is 1. The Labute approximate surface area is 112 Å². The standard InChI is InChI=1S/C13H13F4NO2/c14-8-5-7(9(15)11(17)10(8)16)12(20)18-13(6-19)3-1-2-4-13/h5,19H,1-4,6H2,(H,18,20). The van der Waals surface area contributed by atoms with Crippen LogP contribution in [0.25, 0.3) is 0 Å². The maximum atomic E-state index is 13.5. The van der Waals surface area contributed by atoms with Crippen molar-refractivity contribution in [3.05, 3.63) is 34.9 Å². The van der Waals surface area contributed by atoms with Crippen molar-refractivity contribution in [1.29, 1.82) is 0 Å². The minimum absolute atomic E-state index is 0.309. The Bertz CT molecular complexity index is 542. The number of carbonyl (C=O) groups excluding carboxylic acids is 1. The Morgan fingerprint density at radius 3 is 2.30 bits per heavy atom. The number of halogens is 4. The van der Waals surface area contributed by atoms with Crippen molar-refractivity contribution in [2.45, 2.75) is 31.2 Å². The van der Waals surface area contributed by atoms with Gasteiger partial charge in [-0.2, -0.15) is 0 Å². The van der Waals surface area contributed by atoms with Gasteiger partial charge in [0.1, 0.15) is 0 Å². The molecule has 0 heterocycles. The molecule has 0 aromatic heterocycles. The van der Waals surface area contributed by atoms with E-state index in [1.807, 2.05) is 0 Å². The van der Waals surface area contributed by atoms with E-state index in [9.17, 15) is 27.5 Å². The van der Waals surface area contributed by atoms with E-state index in [1.165, 1.54) is 0 Å². The van der Waals surface area contributed by atoms with Crippen molar-refractivity contribution in [1.82, 2.24) is 5.32 Å². The third-order valence-corrected chi connectivity index (χ3v) is 3.59. The third-order valence-electron chi connectivity index (χ3n) is 3.59. The maximum Gasteiger partial charge on any atom is 0.254 e. The highest BCUT2D eigenvalue weighted by atomic mass is 19.2. The summed E-state index contributed by atoms with van der Waals surface area (Å²) < 4.78 is 52.5. The van der Waals surface area contributed by atoms with Crippen LogP contribution in [-0.2, 0) is 0 Å². The third kappa shape index (κ3) is 2.49. The van der Waals surface area contributed by atoms with Gasteiger partial charge in [-0.1, -0.05) is 12.8 Å². The van der Waals surface area contributed by atoms with E-state index in [0.29, 0.717) is 18.9 Å². The van der Waals surface area contributed by atoms with Gasteiger partial charge in [0, 0.05) is 0 Å². The SMILES string of the molecule is O=C(NC1(CO)CCCC1)c1cc(F)c(F)c(F)c1F. The lowest BCUT2D eigenvalue weighted by atomic mass is 9.98. The first-order valence-electron chi connectivity index (χ1n) is 6.16. The number of benzene rings is 1. The highest BCUT2D eigenvalue weighted by Gasteiger charge is 2.36. The van der Waals surface area contributed by atoms with Gasteiger partial charge in [-0.25, -0.2) is 17.6 Å². The summed E-state index contributed by atoms with van der Waals surface area (Å²) in [7, 11) is 0. The van der Waals surface area contributed by atoms with E-state index in [0.717, 1.165) is 12.8 Å². The molecule has 7 heteroatoms.